The van der Waals surface area contributed by atoms with Gasteiger partial charge in [0.25, 0.3) is 0 Å². The van der Waals surface area contributed by atoms with Crippen molar-refractivity contribution in [1.29, 1.82) is 0 Å². The number of carboxylic acid groups (broad SMARTS) is 1. The van der Waals surface area contributed by atoms with E-state index in [9.17, 15) is 19.1 Å². The molecule has 0 bridgehead atoms. The summed E-state index contributed by atoms with van der Waals surface area (Å²) in [7, 11) is 0. The maximum Gasteiger partial charge on any atom is 0.415 e. The molecule has 0 saturated carbocycles. The van der Waals surface area contributed by atoms with Crippen molar-refractivity contribution < 1.29 is 23.8 Å². The topological polar surface area (TPSA) is 118 Å². The monoisotopic (exact) mass is 485 g/mol. The van der Waals surface area contributed by atoms with Crippen LogP contribution in [0, 0.1) is 12.7 Å². The molecule has 1 fully saturated rings. The average Bonchev–Trinajstić information content (AvgIpc) is 3.15. The van der Waals surface area contributed by atoms with E-state index in [-0.39, 0.29) is 29.6 Å². The van der Waals surface area contributed by atoms with Crippen molar-refractivity contribution >= 4 is 35.2 Å². The molecule has 1 aliphatic rings. The number of rotatable bonds is 7. The number of nitrogens with one attached hydrogen (secondary N) is 1. The summed E-state index contributed by atoms with van der Waals surface area (Å²) in [5, 5.41) is 12.6. The smallest absolute Gasteiger partial charge is 0.415 e. The van der Waals surface area contributed by atoms with Gasteiger partial charge in [-0.15, -0.1) is 0 Å². The summed E-state index contributed by atoms with van der Waals surface area (Å²) < 4.78 is 19.4. The Morgan fingerprint density at radius 1 is 1.35 bits per heavy atom. The first kappa shape index (κ1) is 23.4. The highest BCUT2D eigenvalue weighted by Crippen LogP contribution is 2.28. The summed E-state index contributed by atoms with van der Waals surface area (Å²) >= 11 is 5.83. The number of amides is 1. The lowest BCUT2D eigenvalue weighted by Gasteiger charge is -2.23. The van der Waals surface area contributed by atoms with Crippen LogP contribution in [0.4, 0.5) is 20.7 Å². The van der Waals surface area contributed by atoms with E-state index in [2.05, 4.69) is 20.3 Å². The second-order valence-electron chi connectivity index (χ2n) is 7.90. The minimum absolute atomic E-state index is 0.0655. The molecule has 11 heteroatoms. The molecule has 2 N–H and O–H groups in total. The third-order valence-electron chi connectivity index (χ3n) is 5.38. The average molecular weight is 486 g/mol. The normalized spacial score (nSPS) is 16.3. The van der Waals surface area contributed by atoms with E-state index >= 15 is 0 Å². The first-order chi connectivity index (χ1) is 16.2. The van der Waals surface area contributed by atoms with Gasteiger partial charge in [-0.1, -0.05) is 11.6 Å². The van der Waals surface area contributed by atoms with Gasteiger partial charge in [0, 0.05) is 6.20 Å². The number of carbonyl (C=O) groups excluding carboxylic acids is 1. The van der Waals surface area contributed by atoms with Crippen LogP contribution in [0.5, 0.6) is 0 Å². The minimum atomic E-state index is -1.22. The first-order valence-corrected chi connectivity index (χ1v) is 10.8. The Labute approximate surface area is 199 Å². The first-order valence-electron chi connectivity index (χ1n) is 10.4. The number of carboxylic acids is 1. The molecule has 9 nitrogen and oxygen atoms in total. The Kier molecular flexibility index (Phi) is 6.60. The van der Waals surface area contributed by atoms with Crippen molar-refractivity contribution in [3.63, 3.8) is 0 Å². The highest BCUT2D eigenvalue weighted by molar-refractivity contribution is 6.29. The number of hydrogen-bond donors (Lipinski definition) is 2. The Morgan fingerprint density at radius 2 is 2.15 bits per heavy atom. The fourth-order valence-electron chi connectivity index (χ4n) is 3.76. The number of hydrogen-bond acceptors (Lipinski definition) is 7. The number of aromatic carboxylic acids is 1. The third kappa shape index (κ3) is 4.91. The lowest BCUT2D eigenvalue weighted by Crippen LogP contribution is -2.36. The van der Waals surface area contributed by atoms with Gasteiger partial charge in [0.2, 0.25) is 0 Å². The lowest BCUT2D eigenvalue weighted by atomic mass is 10.1. The summed E-state index contributed by atoms with van der Waals surface area (Å²) in [5.74, 6) is -1.32. The Bertz CT molecular complexity index is 1260. The molecule has 1 amide bonds. The van der Waals surface area contributed by atoms with Crippen LogP contribution >= 0.6 is 11.6 Å². The standard InChI is InChI=1S/C23H21ClFN5O4/c1-12-7-18(13(2)27-17-3-4-19(24)29-21(17)22(31)32)28-20(8-12)30-15(11-34-23(30)33)9-14-5-6-26-10-16(14)25/h3-8,10,13,15,27H,9,11H2,1-2H3,(H,31,32)/t13-,15+/m1/s1. The molecule has 0 spiro atoms. The summed E-state index contributed by atoms with van der Waals surface area (Å²) in [5.41, 5.74) is 1.88. The zero-order chi connectivity index (χ0) is 24.4. The molecule has 3 aromatic rings. The Morgan fingerprint density at radius 3 is 2.88 bits per heavy atom. The number of carbonyl (C=O) groups is 2. The van der Waals surface area contributed by atoms with E-state index in [1.807, 2.05) is 13.0 Å². The predicted octanol–water partition coefficient (Wildman–Crippen LogP) is 4.41. The highest BCUT2D eigenvalue weighted by Gasteiger charge is 2.36. The van der Waals surface area contributed by atoms with E-state index in [1.165, 1.54) is 23.2 Å². The number of aryl methyl sites for hydroxylation is 1. The van der Waals surface area contributed by atoms with Crippen molar-refractivity contribution in [3.8, 4) is 0 Å². The fourth-order valence-corrected chi connectivity index (χ4v) is 3.90. The number of ether oxygens (including phenoxy) is 1. The van der Waals surface area contributed by atoms with E-state index in [4.69, 9.17) is 16.3 Å². The molecule has 0 radical (unpaired) electrons. The maximum absolute atomic E-state index is 14.1. The molecular formula is C23H21ClFN5O4. The van der Waals surface area contributed by atoms with Crippen LogP contribution in [0.15, 0.2) is 42.7 Å². The molecule has 4 rings (SSSR count). The third-order valence-corrected chi connectivity index (χ3v) is 5.59. The quantitative estimate of drug-likeness (QED) is 0.472. The van der Waals surface area contributed by atoms with Gasteiger partial charge in [-0.3, -0.25) is 9.88 Å². The molecule has 34 heavy (non-hydrogen) atoms. The number of nitrogens with zero attached hydrogens (tertiary/aromatic N) is 4. The van der Waals surface area contributed by atoms with Crippen LogP contribution in [0.1, 0.15) is 40.3 Å². The second kappa shape index (κ2) is 9.60. The molecule has 0 unspecified atom stereocenters. The van der Waals surface area contributed by atoms with Gasteiger partial charge in [-0.05, 0) is 61.7 Å². The molecule has 4 heterocycles. The number of anilines is 2. The van der Waals surface area contributed by atoms with Crippen molar-refractivity contribution in [2.75, 3.05) is 16.8 Å². The Balaban J connectivity index is 1.62. The maximum atomic E-state index is 14.1. The summed E-state index contributed by atoms with van der Waals surface area (Å²) in [6.07, 6.45) is 2.29. The predicted molar refractivity (Wildman–Crippen MR) is 123 cm³/mol. The fraction of sp³-hybridized carbons (Fsp3) is 0.261. The minimum Gasteiger partial charge on any atom is -0.476 e. The summed E-state index contributed by atoms with van der Waals surface area (Å²) in [6.45, 7) is 3.75. The number of cyclic esters (lactones) is 1. The van der Waals surface area contributed by atoms with Crippen LogP contribution in [-0.4, -0.2) is 44.8 Å². The second-order valence-corrected chi connectivity index (χ2v) is 8.29. The van der Waals surface area contributed by atoms with E-state index in [0.29, 0.717) is 17.1 Å². The van der Waals surface area contributed by atoms with Gasteiger partial charge >= 0.3 is 12.1 Å². The lowest BCUT2D eigenvalue weighted by molar-refractivity contribution is 0.0691. The molecule has 0 aromatic carbocycles. The number of pyridine rings is 3. The van der Waals surface area contributed by atoms with Gasteiger partial charge in [-0.25, -0.2) is 23.9 Å². The van der Waals surface area contributed by atoms with Gasteiger partial charge in [0.15, 0.2) is 5.69 Å². The molecule has 1 saturated heterocycles. The van der Waals surface area contributed by atoms with Gasteiger partial charge in [0.05, 0.1) is 29.7 Å². The number of aromatic nitrogens is 3. The zero-order valence-corrected chi connectivity index (χ0v) is 19.1. The zero-order valence-electron chi connectivity index (χ0n) is 18.3. The highest BCUT2D eigenvalue weighted by atomic mass is 35.5. The molecule has 176 valence electrons. The van der Waals surface area contributed by atoms with Crippen LogP contribution in [0.25, 0.3) is 0 Å². The SMILES string of the molecule is Cc1cc([C@@H](C)Nc2ccc(Cl)nc2C(=O)O)nc(N2C(=O)OC[C@@H]2Cc2ccncc2F)c1. The van der Waals surface area contributed by atoms with Crippen LogP contribution in [0.3, 0.4) is 0 Å². The van der Waals surface area contributed by atoms with Crippen LogP contribution in [-0.2, 0) is 11.2 Å². The summed E-state index contributed by atoms with van der Waals surface area (Å²) in [6, 6.07) is 7.26. The molecule has 3 aromatic heterocycles. The Hall–Kier alpha value is -3.79. The molecule has 1 aliphatic heterocycles. The van der Waals surface area contributed by atoms with Crippen molar-refractivity contribution in [2.24, 2.45) is 0 Å². The van der Waals surface area contributed by atoms with Gasteiger partial charge in [0.1, 0.15) is 23.4 Å². The van der Waals surface area contributed by atoms with Crippen molar-refractivity contribution in [2.45, 2.75) is 32.4 Å². The molecule has 0 aliphatic carbocycles. The van der Waals surface area contributed by atoms with E-state index in [0.717, 1.165) is 11.8 Å². The largest absolute Gasteiger partial charge is 0.476 e. The van der Waals surface area contributed by atoms with Gasteiger partial charge < -0.3 is 15.2 Å². The molecule has 2 atom stereocenters. The molecular weight excluding hydrogens is 465 g/mol. The van der Waals surface area contributed by atoms with Crippen LogP contribution < -0.4 is 10.2 Å². The van der Waals surface area contributed by atoms with Crippen LogP contribution in [0.2, 0.25) is 5.15 Å². The number of halogens is 2. The summed E-state index contributed by atoms with van der Waals surface area (Å²) in [4.78, 5) is 37.8. The van der Waals surface area contributed by atoms with Crippen molar-refractivity contribution in [3.05, 3.63) is 76.2 Å². The van der Waals surface area contributed by atoms with Crippen molar-refractivity contribution in [1.82, 2.24) is 15.0 Å². The van der Waals surface area contributed by atoms with E-state index < -0.39 is 30.0 Å². The van der Waals surface area contributed by atoms with E-state index in [1.54, 1.807) is 19.1 Å². The van der Waals surface area contributed by atoms with Gasteiger partial charge in [-0.2, -0.15) is 0 Å².